The van der Waals surface area contributed by atoms with Gasteiger partial charge in [-0.25, -0.2) is 14.1 Å². The molecule has 28 heavy (non-hydrogen) atoms. The number of rotatable bonds is 6. The predicted octanol–water partition coefficient (Wildman–Crippen LogP) is 3.81. The first-order valence-electron chi connectivity index (χ1n) is 9.34. The molecule has 1 saturated heterocycles. The topological polar surface area (TPSA) is 54.4 Å². The van der Waals surface area contributed by atoms with Crippen molar-refractivity contribution in [3.05, 3.63) is 108 Å². The average Bonchev–Trinajstić information content (AvgIpc) is 3.37. The Kier molecular flexibility index (Phi) is 4.36. The van der Waals surface area contributed by atoms with Crippen molar-refractivity contribution in [1.29, 1.82) is 0 Å². The van der Waals surface area contributed by atoms with E-state index in [0.29, 0.717) is 0 Å². The highest BCUT2D eigenvalue weighted by molar-refractivity contribution is 5.79. The maximum Gasteiger partial charge on any atom is 0.369 e. The lowest BCUT2D eigenvalue weighted by Gasteiger charge is -2.40. The van der Waals surface area contributed by atoms with Gasteiger partial charge in [0.25, 0.3) is 0 Å². The molecule has 0 radical (unpaired) electrons. The zero-order valence-corrected chi connectivity index (χ0v) is 15.6. The lowest BCUT2D eigenvalue weighted by molar-refractivity contribution is -0.786. The van der Waals surface area contributed by atoms with Gasteiger partial charge in [-0.2, -0.15) is 0 Å². The van der Waals surface area contributed by atoms with Crippen molar-refractivity contribution >= 4 is 12.4 Å². The normalized spacial score (nSPS) is 23.8. The van der Waals surface area contributed by atoms with E-state index in [9.17, 15) is 14.7 Å². The third-order valence-electron chi connectivity index (χ3n) is 6.08. The largest absolute Gasteiger partial charge is 0.477 e. The van der Waals surface area contributed by atoms with Gasteiger partial charge in [0.2, 0.25) is 6.04 Å². The molecule has 1 N–H and O–H groups in total. The highest BCUT2D eigenvalue weighted by Crippen LogP contribution is 2.57. The molecular weight excluding hydrogens is 350 g/mol. The molecule has 0 aliphatic carbocycles. The van der Waals surface area contributed by atoms with Crippen LogP contribution in [0.3, 0.4) is 0 Å². The minimum absolute atomic E-state index is 0.194. The molecule has 0 saturated carbocycles. The SMILES string of the molecule is C[C@H]1[C@@H](C(=O)O)[N+]1(C=O)C(c1ccccc1)(c1ccccc1)c1ccccc1. The number of carboxylic acid groups (broad SMARTS) is 1. The van der Waals surface area contributed by atoms with Crippen LogP contribution in [0.1, 0.15) is 23.6 Å². The number of hydrogen-bond acceptors (Lipinski definition) is 2. The molecule has 1 amide bonds. The molecule has 4 nitrogen and oxygen atoms in total. The van der Waals surface area contributed by atoms with Gasteiger partial charge in [-0.1, -0.05) is 91.0 Å². The van der Waals surface area contributed by atoms with Crippen molar-refractivity contribution < 1.29 is 19.2 Å². The molecule has 1 aliphatic rings. The molecule has 4 rings (SSSR count). The molecule has 1 heterocycles. The van der Waals surface area contributed by atoms with Crippen LogP contribution in [0.25, 0.3) is 0 Å². The standard InChI is InChI=1S/C24H21NO3/c1-18-22(23(27)28)25(18,17-26)24(19-11-5-2-6-12-19,20-13-7-3-8-14-20)21-15-9-4-10-16-21/h2-18,22H,1H3/p+1/t18-,22-,25?/m0/s1. The van der Waals surface area contributed by atoms with Crippen LogP contribution >= 0.6 is 0 Å². The summed E-state index contributed by atoms with van der Waals surface area (Å²) in [5.74, 6) is -0.952. The summed E-state index contributed by atoms with van der Waals surface area (Å²) in [6, 6.07) is 28.1. The Balaban J connectivity index is 2.15. The van der Waals surface area contributed by atoms with Crippen molar-refractivity contribution in [2.24, 2.45) is 0 Å². The summed E-state index contributed by atoms with van der Waals surface area (Å²) in [4.78, 5) is 24.8. The van der Waals surface area contributed by atoms with Crippen LogP contribution in [-0.2, 0) is 15.1 Å². The Labute approximate surface area is 164 Å². The fourth-order valence-corrected chi connectivity index (χ4v) is 4.87. The molecule has 0 spiro atoms. The van der Waals surface area contributed by atoms with Gasteiger partial charge in [0, 0.05) is 16.7 Å². The number of carbonyl (C=O) groups excluding carboxylic acids is 1. The summed E-state index contributed by atoms with van der Waals surface area (Å²) < 4.78 is -0.194. The first-order valence-corrected chi connectivity index (χ1v) is 9.34. The van der Waals surface area contributed by atoms with E-state index >= 15 is 0 Å². The first kappa shape index (κ1) is 18.1. The van der Waals surface area contributed by atoms with E-state index in [4.69, 9.17) is 0 Å². The van der Waals surface area contributed by atoms with Crippen LogP contribution in [0, 0.1) is 0 Å². The van der Waals surface area contributed by atoms with E-state index in [1.165, 1.54) is 0 Å². The van der Waals surface area contributed by atoms with E-state index in [1.807, 2.05) is 97.9 Å². The highest BCUT2D eigenvalue weighted by Gasteiger charge is 2.79. The zero-order valence-electron chi connectivity index (χ0n) is 15.6. The summed E-state index contributed by atoms with van der Waals surface area (Å²) in [6.45, 7) is 1.84. The maximum absolute atomic E-state index is 12.7. The molecule has 3 aromatic carbocycles. The molecule has 1 unspecified atom stereocenters. The number of amides is 1. The van der Waals surface area contributed by atoms with Crippen LogP contribution in [0.4, 0.5) is 0 Å². The quantitative estimate of drug-likeness (QED) is 0.310. The molecule has 4 heteroatoms. The molecule has 0 aromatic heterocycles. The number of hydrogen-bond donors (Lipinski definition) is 1. The molecule has 1 fully saturated rings. The van der Waals surface area contributed by atoms with Gasteiger partial charge in [0.15, 0.2) is 11.6 Å². The lowest BCUT2D eigenvalue weighted by Crippen LogP contribution is -2.53. The Morgan fingerprint density at radius 2 is 1.18 bits per heavy atom. The van der Waals surface area contributed by atoms with Crippen LogP contribution in [0.5, 0.6) is 0 Å². The van der Waals surface area contributed by atoms with Crippen molar-refractivity contribution in [2.75, 3.05) is 0 Å². The van der Waals surface area contributed by atoms with Crippen LogP contribution in [-0.4, -0.2) is 34.1 Å². The molecule has 3 aromatic rings. The van der Waals surface area contributed by atoms with Gasteiger partial charge >= 0.3 is 12.4 Å². The smallest absolute Gasteiger partial charge is 0.369 e. The van der Waals surface area contributed by atoms with E-state index in [2.05, 4.69) is 0 Å². The van der Waals surface area contributed by atoms with E-state index in [-0.39, 0.29) is 10.5 Å². The van der Waals surface area contributed by atoms with Crippen molar-refractivity contribution in [3.63, 3.8) is 0 Å². The summed E-state index contributed by atoms with van der Waals surface area (Å²) >= 11 is 0. The fraction of sp³-hybridized carbons (Fsp3) is 0.167. The minimum Gasteiger partial charge on any atom is -0.477 e. The second-order valence-electron chi connectivity index (χ2n) is 7.27. The van der Waals surface area contributed by atoms with E-state index < -0.39 is 17.6 Å². The number of nitrogens with zero attached hydrogens (tertiary/aromatic N) is 1. The monoisotopic (exact) mass is 372 g/mol. The van der Waals surface area contributed by atoms with Gasteiger partial charge in [-0.3, -0.25) is 0 Å². The van der Waals surface area contributed by atoms with Gasteiger partial charge in [-0.05, 0) is 6.92 Å². The third-order valence-corrected chi connectivity index (χ3v) is 6.08. The van der Waals surface area contributed by atoms with Gasteiger partial charge in [-0.15, -0.1) is 0 Å². The summed E-state index contributed by atoms with van der Waals surface area (Å²) in [5, 5.41) is 9.92. The summed E-state index contributed by atoms with van der Waals surface area (Å²) in [5.41, 5.74) is 1.74. The maximum atomic E-state index is 12.7. The van der Waals surface area contributed by atoms with E-state index in [0.717, 1.165) is 23.1 Å². The van der Waals surface area contributed by atoms with Crippen molar-refractivity contribution in [2.45, 2.75) is 24.5 Å². The number of carboxylic acids is 1. The zero-order chi connectivity index (χ0) is 19.8. The Morgan fingerprint density at radius 1 is 0.821 bits per heavy atom. The first-order chi connectivity index (χ1) is 13.6. The van der Waals surface area contributed by atoms with Crippen LogP contribution < -0.4 is 0 Å². The number of benzene rings is 3. The van der Waals surface area contributed by atoms with Crippen LogP contribution in [0.15, 0.2) is 91.0 Å². The Hall–Kier alpha value is -3.24. The molecular formula is C24H22NO3+. The molecule has 0 bridgehead atoms. The lowest BCUT2D eigenvalue weighted by atomic mass is 9.75. The minimum atomic E-state index is -0.952. The Morgan fingerprint density at radius 3 is 1.43 bits per heavy atom. The molecule has 140 valence electrons. The second kappa shape index (κ2) is 6.73. The number of carbonyl (C=O) groups is 2. The van der Waals surface area contributed by atoms with E-state index in [1.54, 1.807) is 0 Å². The number of aliphatic carboxylic acids is 1. The van der Waals surface area contributed by atoms with Gasteiger partial charge in [0.05, 0.1) is 0 Å². The highest BCUT2D eigenvalue weighted by atomic mass is 16.4. The van der Waals surface area contributed by atoms with Crippen LogP contribution in [0.2, 0.25) is 0 Å². The molecule has 3 atom stereocenters. The van der Waals surface area contributed by atoms with Gasteiger partial charge < -0.3 is 5.11 Å². The average molecular weight is 372 g/mol. The predicted molar refractivity (Wildman–Crippen MR) is 106 cm³/mol. The Bertz CT molecular complexity index is 891. The summed E-state index contributed by atoms with van der Waals surface area (Å²) in [7, 11) is 0. The third kappa shape index (κ3) is 2.28. The fourth-order valence-electron chi connectivity index (χ4n) is 4.87. The molecule has 1 aliphatic heterocycles. The summed E-state index contributed by atoms with van der Waals surface area (Å²) in [6.07, 6.45) is 0.830. The second-order valence-corrected chi connectivity index (χ2v) is 7.27. The van der Waals surface area contributed by atoms with Crippen molar-refractivity contribution in [3.8, 4) is 0 Å². The van der Waals surface area contributed by atoms with Gasteiger partial charge in [0.1, 0.15) is 0 Å². The van der Waals surface area contributed by atoms with Crippen molar-refractivity contribution in [1.82, 2.24) is 0 Å². The number of quaternary nitrogens is 1.